The van der Waals surface area contributed by atoms with E-state index < -0.39 is 41.9 Å². The number of aromatic nitrogens is 3. The van der Waals surface area contributed by atoms with Crippen LogP contribution >= 0.6 is 22.9 Å². The average molecular weight is 502 g/mol. The van der Waals surface area contributed by atoms with Crippen molar-refractivity contribution in [1.29, 1.82) is 0 Å². The molecule has 0 aliphatic rings. The lowest BCUT2D eigenvalue weighted by molar-refractivity contribution is -0.153. The normalized spacial score (nSPS) is 11.8. The van der Waals surface area contributed by atoms with Gasteiger partial charge in [0.05, 0.1) is 21.3 Å². The average Bonchev–Trinajstić information content (AvgIpc) is 3.44. The molecule has 0 unspecified atom stereocenters. The van der Waals surface area contributed by atoms with Crippen LogP contribution in [0.15, 0.2) is 34.9 Å². The van der Waals surface area contributed by atoms with Gasteiger partial charge >= 0.3 is 18.1 Å². The maximum atomic E-state index is 12.5. The predicted octanol–water partition coefficient (Wildman–Crippen LogP) is 4.79. The Hall–Kier alpha value is -3.58. The fraction of sp³-hybridized carbons (Fsp3) is 0.158. The van der Waals surface area contributed by atoms with Crippen molar-refractivity contribution in [3.63, 3.8) is 0 Å². The van der Waals surface area contributed by atoms with Gasteiger partial charge in [-0.3, -0.25) is 0 Å². The molecule has 0 atom stereocenters. The van der Waals surface area contributed by atoms with E-state index in [0.29, 0.717) is 20.7 Å². The molecule has 0 aliphatic carbocycles. The predicted molar refractivity (Wildman–Crippen MR) is 109 cm³/mol. The number of carboxylic acid groups (broad SMARTS) is 2. The van der Waals surface area contributed by atoms with Crippen LogP contribution in [-0.4, -0.2) is 49.6 Å². The first-order valence-corrected chi connectivity index (χ1v) is 10.1. The number of halogens is 4. The molecular formula is C19H11ClF3N3O6S. The zero-order valence-electron chi connectivity index (χ0n) is 16.1. The topological polar surface area (TPSA) is 128 Å². The van der Waals surface area contributed by atoms with Crippen molar-refractivity contribution < 1.29 is 42.2 Å². The van der Waals surface area contributed by atoms with E-state index in [1.165, 1.54) is 22.0 Å². The highest BCUT2D eigenvalue weighted by atomic mass is 35.5. The van der Waals surface area contributed by atoms with E-state index in [4.69, 9.17) is 16.1 Å². The lowest BCUT2D eigenvalue weighted by atomic mass is 10.1. The van der Waals surface area contributed by atoms with E-state index in [9.17, 15) is 33.0 Å². The summed E-state index contributed by atoms with van der Waals surface area (Å²) in [4.78, 5) is 28.1. The molecule has 3 heterocycles. The number of aromatic carboxylic acids is 2. The fourth-order valence-electron chi connectivity index (χ4n) is 3.09. The SMILES string of the molecule is O=C(O)c1c(OCC(F)(F)F)ccc2c1nc(C(=O)O)n2Cc1cc(-c2ccc(Cl)s2)on1. The number of thiophene rings is 1. The Morgan fingerprint density at radius 2 is 1.94 bits per heavy atom. The van der Waals surface area contributed by atoms with Gasteiger partial charge in [-0.2, -0.15) is 13.2 Å². The largest absolute Gasteiger partial charge is 0.483 e. The van der Waals surface area contributed by atoms with Gasteiger partial charge in [-0.05, 0) is 24.3 Å². The molecule has 4 rings (SSSR count). The highest BCUT2D eigenvalue weighted by Crippen LogP contribution is 2.33. The summed E-state index contributed by atoms with van der Waals surface area (Å²) in [6.45, 7) is -1.89. The molecule has 4 aromatic rings. The summed E-state index contributed by atoms with van der Waals surface area (Å²) < 4.78 is 49.2. The van der Waals surface area contributed by atoms with Gasteiger partial charge in [0, 0.05) is 6.07 Å². The number of rotatable bonds is 7. The third-order valence-corrected chi connectivity index (χ3v) is 5.62. The van der Waals surface area contributed by atoms with Crippen LogP contribution in [-0.2, 0) is 6.54 Å². The van der Waals surface area contributed by atoms with Crippen molar-refractivity contribution in [3.8, 4) is 16.4 Å². The summed E-state index contributed by atoms with van der Waals surface area (Å²) in [5.74, 6) is -3.85. The summed E-state index contributed by atoms with van der Waals surface area (Å²) in [6.07, 6.45) is -4.70. The molecule has 1 aromatic carbocycles. The van der Waals surface area contributed by atoms with E-state index in [0.717, 1.165) is 6.07 Å². The number of hydrogen-bond acceptors (Lipinski definition) is 7. The Morgan fingerprint density at radius 3 is 2.55 bits per heavy atom. The molecular weight excluding hydrogens is 491 g/mol. The number of benzene rings is 1. The minimum Gasteiger partial charge on any atom is -0.483 e. The molecule has 0 saturated heterocycles. The highest BCUT2D eigenvalue weighted by Gasteiger charge is 2.31. The smallest absolute Gasteiger partial charge is 0.422 e. The maximum Gasteiger partial charge on any atom is 0.422 e. The second-order valence-corrected chi connectivity index (χ2v) is 8.34. The van der Waals surface area contributed by atoms with E-state index >= 15 is 0 Å². The molecule has 172 valence electrons. The van der Waals surface area contributed by atoms with E-state index in [1.54, 1.807) is 18.2 Å². The standard InChI is InChI=1S/C19H11ClF3N3O6S/c20-13-4-3-12(33-13)11-5-8(25-32-11)6-26-9-1-2-10(31-7-19(21,22)23)14(17(27)28)15(9)24-16(26)18(29)30/h1-5H,6-7H2,(H,27,28)(H,29,30). The van der Waals surface area contributed by atoms with Gasteiger partial charge in [-0.15, -0.1) is 11.3 Å². The van der Waals surface area contributed by atoms with Gasteiger partial charge in [-0.25, -0.2) is 14.6 Å². The number of alkyl halides is 3. The summed E-state index contributed by atoms with van der Waals surface area (Å²) in [7, 11) is 0. The van der Waals surface area contributed by atoms with Crippen molar-refractivity contribution in [1.82, 2.24) is 14.7 Å². The van der Waals surface area contributed by atoms with Crippen LogP contribution in [0.4, 0.5) is 13.2 Å². The zero-order valence-corrected chi connectivity index (χ0v) is 17.7. The maximum absolute atomic E-state index is 12.5. The molecule has 0 bridgehead atoms. The van der Waals surface area contributed by atoms with Gasteiger partial charge in [0.2, 0.25) is 5.82 Å². The van der Waals surface area contributed by atoms with E-state index in [1.807, 2.05) is 0 Å². The van der Waals surface area contributed by atoms with Crippen LogP contribution in [0.2, 0.25) is 4.34 Å². The second kappa shape index (κ2) is 8.41. The van der Waals surface area contributed by atoms with Crippen molar-refractivity contribution in [3.05, 3.63) is 51.7 Å². The van der Waals surface area contributed by atoms with Crippen LogP contribution in [0.25, 0.3) is 21.7 Å². The number of nitrogens with zero attached hydrogens (tertiary/aromatic N) is 3. The molecule has 14 heteroatoms. The van der Waals surface area contributed by atoms with Crippen LogP contribution in [0, 0.1) is 0 Å². The third-order valence-electron chi connectivity index (χ3n) is 4.37. The minimum absolute atomic E-state index is 0.0490. The van der Waals surface area contributed by atoms with Gasteiger partial charge in [0.25, 0.3) is 0 Å². The second-order valence-electron chi connectivity index (χ2n) is 6.63. The van der Waals surface area contributed by atoms with Gasteiger partial charge in [0.1, 0.15) is 22.5 Å². The summed E-state index contributed by atoms with van der Waals surface area (Å²) in [6, 6.07) is 7.18. The lowest BCUT2D eigenvalue weighted by Gasteiger charge is -2.12. The van der Waals surface area contributed by atoms with Crippen molar-refractivity contribution in [2.75, 3.05) is 6.61 Å². The Balaban J connectivity index is 1.77. The molecule has 0 aliphatic heterocycles. The number of fused-ring (bicyclic) bond motifs is 1. The number of hydrogen-bond donors (Lipinski definition) is 2. The lowest BCUT2D eigenvalue weighted by Crippen LogP contribution is -2.20. The fourth-order valence-corrected chi connectivity index (χ4v) is 4.09. The first-order valence-electron chi connectivity index (χ1n) is 8.94. The molecule has 3 aromatic heterocycles. The van der Waals surface area contributed by atoms with E-state index in [2.05, 4.69) is 14.9 Å². The molecule has 2 N–H and O–H groups in total. The first-order chi connectivity index (χ1) is 15.5. The van der Waals surface area contributed by atoms with Crippen LogP contribution in [0.1, 0.15) is 26.7 Å². The van der Waals surface area contributed by atoms with Crippen molar-refractivity contribution >= 4 is 45.9 Å². The summed E-state index contributed by atoms with van der Waals surface area (Å²) in [5, 5.41) is 23.0. The third kappa shape index (κ3) is 4.64. The quantitative estimate of drug-likeness (QED) is 0.370. The number of carbonyl (C=O) groups is 2. The van der Waals surface area contributed by atoms with Gasteiger partial charge in [0.15, 0.2) is 12.4 Å². The molecule has 0 fully saturated rings. The number of imidazole rings is 1. The molecule has 0 spiro atoms. The van der Waals surface area contributed by atoms with Gasteiger partial charge in [-0.1, -0.05) is 16.8 Å². The minimum atomic E-state index is -4.70. The Labute approximate surface area is 190 Å². The van der Waals surface area contributed by atoms with Crippen LogP contribution in [0.3, 0.4) is 0 Å². The van der Waals surface area contributed by atoms with Crippen LogP contribution in [0.5, 0.6) is 5.75 Å². The Bertz CT molecular complexity index is 1380. The molecule has 0 amide bonds. The monoisotopic (exact) mass is 501 g/mol. The van der Waals surface area contributed by atoms with Crippen molar-refractivity contribution in [2.45, 2.75) is 12.7 Å². The number of carboxylic acids is 2. The summed E-state index contributed by atoms with van der Waals surface area (Å²) >= 11 is 7.16. The Morgan fingerprint density at radius 1 is 1.18 bits per heavy atom. The van der Waals surface area contributed by atoms with Crippen molar-refractivity contribution in [2.24, 2.45) is 0 Å². The van der Waals surface area contributed by atoms with Crippen LogP contribution < -0.4 is 4.74 Å². The molecule has 0 saturated carbocycles. The first kappa shape index (κ1) is 22.6. The molecule has 33 heavy (non-hydrogen) atoms. The zero-order chi connectivity index (χ0) is 23.9. The highest BCUT2D eigenvalue weighted by molar-refractivity contribution is 7.19. The Kier molecular flexibility index (Phi) is 5.76. The number of ether oxygens (including phenoxy) is 1. The van der Waals surface area contributed by atoms with E-state index in [-0.39, 0.29) is 17.6 Å². The molecule has 9 nitrogen and oxygen atoms in total. The molecule has 0 radical (unpaired) electrons. The summed E-state index contributed by atoms with van der Waals surface area (Å²) in [5.41, 5.74) is -0.682. The van der Waals surface area contributed by atoms with Gasteiger partial charge < -0.3 is 24.0 Å².